The quantitative estimate of drug-likeness (QED) is 0.234. The van der Waals surface area contributed by atoms with Crippen LogP contribution in [0.3, 0.4) is 0 Å². The molecule has 0 radical (unpaired) electrons. The zero-order valence-corrected chi connectivity index (χ0v) is 21.6. The summed E-state index contributed by atoms with van der Waals surface area (Å²) in [7, 11) is 0. The molecular weight excluding hydrogens is 512 g/mol. The highest BCUT2D eigenvalue weighted by Gasteiger charge is 2.18. The van der Waals surface area contributed by atoms with Gasteiger partial charge in [0, 0.05) is 22.2 Å². The lowest BCUT2D eigenvalue weighted by Crippen LogP contribution is -2.14. The lowest BCUT2D eigenvalue weighted by molar-refractivity contribution is -0.0175. The Morgan fingerprint density at radius 3 is 2.63 bits per heavy atom. The fourth-order valence-corrected chi connectivity index (χ4v) is 4.32. The molecule has 0 fully saturated rings. The fraction of sp³-hybridized carbons (Fsp3) is 0.241. The van der Waals surface area contributed by atoms with E-state index >= 15 is 0 Å². The Morgan fingerprint density at radius 1 is 1.05 bits per heavy atom. The first kappa shape index (κ1) is 25.6. The molecule has 0 saturated carbocycles. The van der Waals surface area contributed by atoms with Crippen LogP contribution >= 0.6 is 11.6 Å². The average Bonchev–Trinajstić information content (AvgIpc) is 2.92. The Labute approximate surface area is 223 Å². The van der Waals surface area contributed by atoms with Crippen LogP contribution < -0.4 is 19.6 Å². The van der Waals surface area contributed by atoms with Crippen molar-refractivity contribution in [2.75, 3.05) is 13.4 Å². The van der Waals surface area contributed by atoms with Crippen molar-refractivity contribution in [3.05, 3.63) is 92.3 Å². The topological polar surface area (TPSA) is 93.4 Å². The SMILES string of the molecule is CCCOC(=O)c1ccc(Oc2c(C)oc3cc(OCc4cc(Cl)cc5c4OCOC5)ccc3c2=O)cc1. The first-order valence-electron chi connectivity index (χ1n) is 12.1. The molecule has 2 heterocycles. The predicted octanol–water partition coefficient (Wildman–Crippen LogP) is 6.56. The van der Waals surface area contributed by atoms with Gasteiger partial charge in [0.05, 0.1) is 24.2 Å². The number of hydrogen-bond acceptors (Lipinski definition) is 8. The minimum Gasteiger partial charge on any atom is -0.489 e. The van der Waals surface area contributed by atoms with Crippen LogP contribution in [0.5, 0.6) is 23.0 Å². The molecule has 0 unspecified atom stereocenters. The number of ether oxygens (including phenoxy) is 5. The third-order valence-corrected chi connectivity index (χ3v) is 6.10. The van der Waals surface area contributed by atoms with E-state index in [0.717, 1.165) is 17.5 Å². The normalized spacial score (nSPS) is 12.5. The van der Waals surface area contributed by atoms with Crippen LogP contribution in [0.4, 0.5) is 0 Å². The van der Waals surface area contributed by atoms with Crippen molar-refractivity contribution in [2.24, 2.45) is 0 Å². The minimum absolute atomic E-state index is 0.0670. The lowest BCUT2D eigenvalue weighted by Gasteiger charge is -2.21. The summed E-state index contributed by atoms with van der Waals surface area (Å²) < 4.78 is 33.8. The van der Waals surface area contributed by atoms with Gasteiger partial charge < -0.3 is 28.1 Å². The third-order valence-electron chi connectivity index (χ3n) is 5.88. The maximum absolute atomic E-state index is 13.2. The van der Waals surface area contributed by atoms with Crippen LogP contribution in [0, 0.1) is 6.92 Å². The Kier molecular flexibility index (Phi) is 7.53. The van der Waals surface area contributed by atoms with Gasteiger partial charge in [0.15, 0.2) is 6.79 Å². The van der Waals surface area contributed by atoms with E-state index in [9.17, 15) is 9.59 Å². The second kappa shape index (κ2) is 11.2. The molecule has 38 heavy (non-hydrogen) atoms. The number of carbonyl (C=O) groups excluding carboxylic acids is 1. The summed E-state index contributed by atoms with van der Waals surface area (Å²) in [5.41, 5.74) is 2.10. The average molecular weight is 537 g/mol. The molecule has 3 aromatic carbocycles. The van der Waals surface area contributed by atoms with Crippen LogP contribution in [0.25, 0.3) is 11.0 Å². The number of rotatable bonds is 8. The van der Waals surface area contributed by atoms with Crippen molar-refractivity contribution >= 4 is 28.5 Å². The zero-order chi connectivity index (χ0) is 26.6. The molecule has 1 aliphatic heterocycles. The molecular formula is C29H25ClO8. The second-order valence-electron chi connectivity index (χ2n) is 8.69. The van der Waals surface area contributed by atoms with Gasteiger partial charge in [0.2, 0.25) is 11.2 Å². The molecule has 0 N–H and O–H groups in total. The Morgan fingerprint density at radius 2 is 1.84 bits per heavy atom. The molecule has 1 aliphatic rings. The predicted molar refractivity (Wildman–Crippen MR) is 140 cm³/mol. The maximum Gasteiger partial charge on any atom is 0.338 e. The molecule has 0 spiro atoms. The Hall–Kier alpha value is -4.01. The fourth-order valence-electron chi connectivity index (χ4n) is 4.06. The number of benzene rings is 3. The van der Waals surface area contributed by atoms with Gasteiger partial charge in [0.1, 0.15) is 35.2 Å². The van der Waals surface area contributed by atoms with Gasteiger partial charge in [-0.25, -0.2) is 4.79 Å². The van der Waals surface area contributed by atoms with Gasteiger partial charge in [-0.05, 0) is 61.9 Å². The minimum atomic E-state index is -0.408. The van der Waals surface area contributed by atoms with E-state index in [1.54, 1.807) is 55.5 Å². The monoisotopic (exact) mass is 536 g/mol. The van der Waals surface area contributed by atoms with Crippen LogP contribution in [0.15, 0.2) is 63.8 Å². The molecule has 0 amide bonds. The largest absolute Gasteiger partial charge is 0.489 e. The summed E-state index contributed by atoms with van der Waals surface area (Å²) in [5, 5.41) is 0.911. The molecule has 0 bridgehead atoms. The van der Waals surface area contributed by atoms with Gasteiger partial charge in [0.25, 0.3) is 0 Å². The third kappa shape index (κ3) is 5.46. The molecule has 1 aromatic heterocycles. The summed E-state index contributed by atoms with van der Waals surface area (Å²) in [4.78, 5) is 25.2. The number of hydrogen-bond donors (Lipinski definition) is 0. The molecule has 0 saturated heterocycles. The molecule has 4 aromatic rings. The molecule has 0 atom stereocenters. The summed E-state index contributed by atoms with van der Waals surface area (Å²) in [6, 6.07) is 15.0. The summed E-state index contributed by atoms with van der Waals surface area (Å²) in [6.45, 7) is 4.73. The van der Waals surface area contributed by atoms with E-state index < -0.39 is 5.97 Å². The van der Waals surface area contributed by atoms with Crippen LogP contribution in [-0.2, 0) is 22.7 Å². The van der Waals surface area contributed by atoms with Crippen molar-refractivity contribution in [3.63, 3.8) is 0 Å². The molecule has 196 valence electrons. The summed E-state index contributed by atoms with van der Waals surface area (Å²) in [6.07, 6.45) is 0.742. The van der Waals surface area contributed by atoms with Crippen LogP contribution in [0.1, 0.15) is 40.6 Å². The van der Waals surface area contributed by atoms with Gasteiger partial charge in [-0.1, -0.05) is 18.5 Å². The number of carbonyl (C=O) groups is 1. The van der Waals surface area contributed by atoms with Gasteiger partial charge in [-0.15, -0.1) is 0 Å². The van der Waals surface area contributed by atoms with Crippen molar-refractivity contribution in [3.8, 4) is 23.0 Å². The van der Waals surface area contributed by atoms with E-state index in [0.29, 0.717) is 57.8 Å². The highest BCUT2D eigenvalue weighted by Crippen LogP contribution is 2.33. The zero-order valence-electron chi connectivity index (χ0n) is 20.9. The van der Waals surface area contributed by atoms with E-state index in [-0.39, 0.29) is 24.6 Å². The van der Waals surface area contributed by atoms with Crippen molar-refractivity contribution in [1.29, 1.82) is 0 Å². The number of esters is 1. The van der Waals surface area contributed by atoms with Crippen molar-refractivity contribution in [2.45, 2.75) is 33.5 Å². The smallest absolute Gasteiger partial charge is 0.338 e. The Balaban J connectivity index is 1.34. The molecule has 8 nitrogen and oxygen atoms in total. The molecule has 0 aliphatic carbocycles. The Bertz CT molecular complexity index is 1540. The summed E-state index contributed by atoms with van der Waals surface area (Å²) >= 11 is 6.24. The highest BCUT2D eigenvalue weighted by atomic mass is 35.5. The first-order chi connectivity index (χ1) is 18.4. The maximum atomic E-state index is 13.2. The van der Waals surface area contributed by atoms with Crippen molar-refractivity contribution in [1.82, 2.24) is 0 Å². The molecule has 9 heteroatoms. The van der Waals surface area contributed by atoms with Crippen molar-refractivity contribution < 1.29 is 32.9 Å². The van der Waals surface area contributed by atoms with E-state index in [4.69, 9.17) is 39.7 Å². The van der Waals surface area contributed by atoms with E-state index in [2.05, 4.69) is 0 Å². The van der Waals surface area contributed by atoms with E-state index in [1.165, 1.54) is 0 Å². The van der Waals surface area contributed by atoms with Crippen LogP contribution in [0.2, 0.25) is 5.02 Å². The van der Waals surface area contributed by atoms with Gasteiger partial charge in [-0.3, -0.25) is 4.79 Å². The second-order valence-corrected chi connectivity index (χ2v) is 9.13. The molecule has 5 rings (SSSR count). The summed E-state index contributed by atoms with van der Waals surface area (Å²) in [5.74, 6) is 1.58. The van der Waals surface area contributed by atoms with Crippen LogP contribution in [-0.4, -0.2) is 19.4 Å². The number of aryl methyl sites for hydroxylation is 1. The lowest BCUT2D eigenvalue weighted by atomic mass is 10.1. The van der Waals surface area contributed by atoms with Gasteiger partial charge >= 0.3 is 5.97 Å². The number of halogens is 1. The first-order valence-corrected chi connectivity index (χ1v) is 12.5. The van der Waals surface area contributed by atoms with Gasteiger partial charge in [-0.2, -0.15) is 0 Å². The standard InChI is InChI=1S/C29H25ClO8/c1-3-10-34-29(32)18-4-6-22(7-5-18)38-27-17(2)37-25-13-23(8-9-24(25)26(27)31)35-15-20-12-21(30)11-19-14-33-16-36-28(19)20/h4-9,11-13H,3,10,14-16H2,1-2H3. The number of fused-ring (bicyclic) bond motifs is 2. The van der Waals surface area contributed by atoms with E-state index in [1.807, 2.05) is 13.0 Å². The highest BCUT2D eigenvalue weighted by molar-refractivity contribution is 6.30.